The third kappa shape index (κ3) is 4.65. The fourth-order valence-corrected chi connectivity index (χ4v) is 2.93. The van der Waals surface area contributed by atoms with Crippen LogP contribution in [0.1, 0.15) is 36.0 Å². The van der Waals surface area contributed by atoms with Gasteiger partial charge >= 0.3 is 0 Å². The van der Waals surface area contributed by atoms with Crippen molar-refractivity contribution in [3.05, 3.63) is 33.8 Å². The van der Waals surface area contributed by atoms with Crippen LogP contribution in [0.3, 0.4) is 0 Å². The Bertz CT molecular complexity index is 459. The molecule has 1 saturated heterocycles. The number of halogens is 2. The van der Waals surface area contributed by atoms with Crippen molar-refractivity contribution in [2.75, 3.05) is 26.2 Å². The van der Waals surface area contributed by atoms with E-state index in [1.54, 1.807) is 18.2 Å². The zero-order valence-corrected chi connectivity index (χ0v) is 13.0. The molecule has 1 aromatic rings. The highest BCUT2D eigenvalue weighted by molar-refractivity contribution is 6.36. The van der Waals surface area contributed by atoms with Crippen LogP contribution in [0.15, 0.2) is 18.2 Å². The van der Waals surface area contributed by atoms with Gasteiger partial charge in [-0.3, -0.25) is 4.79 Å². The van der Waals surface area contributed by atoms with E-state index < -0.39 is 0 Å². The molecule has 3 nitrogen and oxygen atoms in total. The van der Waals surface area contributed by atoms with E-state index in [1.165, 1.54) is 25.9 Å². The van der Waals surface area contributed by atoms with Gasteiger partial charge in [-0.1, -0.05) is 23.2 Å². The molecule has 0 atom stereocenters. The van der Waals surface area contributed by atoms with Crippen molar-refractivity contribution in [2.45, 2.75) is 25.7 Å². The first-order valence-electron chi connectivity index (χ1n) is 7.12. The van der Waals surface area contributed by atoms with Gasteiger partial charge in [-0.2, -0.15) is 0 Å². The normalized spacial score (nSPS) is 15.5. The van der Waals surface area contributed by atoms with Gasteiger partial charge < -0.3 is 10.2 Å². The van der Waals surface area contributed by atoms with E-state index in [9.17, 15) is 4.79 Å². The molecule has 110 valence electrons. The van der Waals surface area contributed by atoms with Crippen LogP contribution < -0.4 is 5.32 Å². The predicted molar refractivity (Wildman–Crippen MR) is 83.7 cm³/mol. The van der Waals surface area contributed by atoms with Crippen LogP contribution in [0.4, 0.5) is 0 Å². The minimum Gasteiger partial charge on any atom is -0.352 e. The highest BCUT2D eigenvalue weighted by Gasteiger charge is 2.11. The lowest BCUT2D eigenvalue weighted by Crippen LogP contribution is -2.26. The lowest BCUT2D eigenvalue weighted by atomic mass is 10.2. The number of benzene rings is 1. The fraction of sp³-hybridized carbons (Fsp3) is 0.533. The number of nitrogens with one attached hydrogen (secondary N) is 1. The van der Waals surface area contributed by atoms with E-state index >= 15 is 0 Å². The topological polar surface area (TPSA) is 32.3 Å². The SMILES string of the molecule is O=C(NCCCCN1CCCC1)c1ccc(Cl)cc1Cl. The smallest absolute Gasteiger partial charge is 0.252 e. The van der Waals surface area contributed by atoms with Gasteiger partial charge in [-0.05, 0) is 63.5 Å². The third-order valence-corrected chi connectivity index (χ3v) is 4.11. The lowest BCUT2D eigenvalue weighted by molar-refractivity contribution is 0.0953. The Kier molecular flexibility index (Phi) is 6.14. The van der Waals surface area contributed by atoms with Crippen molar-refractivity contribution in [3.8, 4) is 0 Å². The van der Waals surface area contributed by atoms with E-state index in [1.807, 2.05) is 0 Å². The van der Waals surface area contributed by atoms with Crippen molar-refractivity contribution in [2.24, 2.45) is 0 Å². The molecule has 1 aliphatic heterocycles. The Morgan fingerprint density at radius 1 is 1.20 bits per heavy atom. The number of nitrogens with zero attached hydrogens (tertiary/aromatic N) is 1. The van der Waals surface area contributed by atoms with Gasteiger partial charge in [0.05, 0.1) is 10.6 Å². The molecular weight excluding hydrogens is 295 g/mol. The Labute approximate surface area is 130 Å². The van der Waals surface area contributed by atoms with Gasteiger partial charge in [0.25, 0.3) is 5.91 Å². The number of amides is 1. The second-order valence-electron chi connectivity index (χ2n) is 5.14. The van der Waals surface area contributed by atoms with Crippen molar-refractivity contribution < 1.29 is 4.79 Å². The van der Waals surface area contributed by atoms with Gasteiger partial charge in [0.15, 0.2) is 0 Å². The number of carbonyl (C=O) groups is 1. The van der Waals surface area contributed by atoms with Crippen LogP contribution in [0, 0.1) is 0 Å². The number of likely N-dealkylation sites (tertiary alicyclic amines) is 1. The summed E-state index contributed by atoms with van der Waals surface area (Å²) in [5.41, 5.74) is 0.482. The summed E-state index contributed by atoms with van der Waals surface area (Å²) in [7, 11) is 0. The molecule has 0 bridgehead atoms. The van der Waals surface area contributed by atoms with E-state index in [4.69, 9.17) is 23.2 Å². The molecule has 1 heterocycles. The largest absolute Gasteiger partial charge is 0.352 e. The molecule has 20 heavy (non-hydrogen) atoms. The van der Waals surface area contributed by atoms with Crippen LogP contribution in [-0.4, -0.2) is 37.0 Å². The molecule has 1 aromatic carbocycles. The van der Waals surface area contributed by atoms with E-state index in [2.05, 4.69) is 10.2 Å². The Morgan fingerprint density at radius 3 is 2.65 bits per heavy atom. The molecule has 0 saturated carbocycles. The highest BCUT2D eigenvalue weighted by atomic mass is 35.5. The molecule has 0 radical (unpaired) electrons. The summed E-state index contributed by atoms with van der Waals surface area (Å²) >= 11 is 11.8. The van der Waals surface area contributed by atoms with Crippen LogP contribution in [0.5, 0.6) is 0 Å². The average Bonchev–Trinajstić information content (AvgIpc) is 2.91. The molecule has 0 unspecified atom stereocenters. The summed E-state index contributed by atoms with van der Waals surface area (Å²) in [5.74, 6) is -0.132. The molecule has 1 fully saturated rings. The highest BCUT2D eigenvalue weighted by Crippen LogP contribution is 2.20. The maximum atomic E-state index is 11.9. The third-order valence-electron chi connectivity index (χ3n) is 3.56. The first-order valence-corrected chi connectivity index (χ1v) is 7.88. The number of rotatable bonds is 6. The van der Waals surface area contributed by atoms with Crippen LogP contribution >= 0.6 is 23.2 Å². The summed E-state index contributed by atoms with van der Waals surface area (Å²) in [6.07, 6.45) is 4.76. The Hall–Kier alpha value is -0.770. The van der Waals surface area contributed by atoms with Crippen LogP contribution in [-0.2, 0) is 0 Å². The molecule has 0 aromatic heterocycles. The van der Waals surface area contributed by atoms with Gasteiger partial charge in [-0.15, -0.1) is 0 Å². The molecule has 1 N–H and O–H groups in total. The van der Waals surface area contributed by atoms with E-state index in [0.717, 1.165) is 19.4 Å². The zero-order chi connectivity index (χ0) is 14.4. The van der Waals surface area contributed by atoms with Gasteiger partial charge in [0.2, 0.25) is 0 Å². The van der Waals surface area contributed by atoms with E-state index in [-0.39, 0.29) is 5.91 Å². The van der Waals surface area contributed by atoms with Crippen LogP contribution in [0.2, 0.25) is 10.0 Å². The van der Waals surface area contributed by atoms with Gasteiger partial charge in [-0.25, -0.2) is 0 Å². The molecule has 1 amide bonds. The first-order chi connectivity index (χ1) is 9.66. The summed E-state index contributed by atoms with van der Waals surface area (Å²) in [6.45, 7) is 4.28. The number of hydrogen-bond acceptors (Lipinski definition) is 2. The summed E-state index contributed by atoms with van der Waals surface area (Å²) < 4.78 is 0. The standard InChI is InChI=1S/C15H20Cl2N2O/c16-12-5-6-13(14(17)11-12)15(20)18-7-1-2-8-19-9-3-4-10-19/h5-6,11H,1-4,7-10H2,(H,18,20). The summed E-state index contributed by atoms with van der Waals surface area (Å²) in [6, 6.07) is 4.92. The molecule has 1 aliphatic rings. The zero-order valence-electron chi connectivity index (χ0n) is 11.5. The minimum absolute atomic E-state index is 0.132. The van der Waals surface area contributed by atoms with Crippen molar-refractivity contribution in [3.63, 3.8) is 0 Å². The fourth-order valence-electron chi connectivity index (χ4n) is 2.44. The monoisotopic (exact) mass is 314 g/mol. The van der Waals surface area contributed by atoms with Crippen molar-refractivity contribution >= 4 is 29.1 Å². The Morgan fingerprint density at radius 2 is 1.95 bits per heavy atom. The lowest BCUT2D eigenvalue weighted by Gasteiger charge is -2.14. The average molecular weight is 315 g/mol. The second-order valence-corrected chi connectivity index (χ2v) is 5.98. The van der Waals surface area contributed by atoms with Crippen molar-refractivity contribution in [1.82, 2.24) is 10.2 Å². The molecule has 2 rings (SSSR count). The Balaban J connectivity index is 1.66. The van der Waals surface area contributed by atoms with Crippen LogP contribution in [0.25, 0.3) is 0 Å². The van der Waals surface area contributed by atoms with Gasteiger partial charge in [0.1, 0.15) is 0 Å². The maximum Gasteiger partial charge on any atom is 0.252 e. The van der Waals surface area contributed by atoms with Crippen molar-refractivity contribution in [1.29, 1.82) is 0 Å². The second kappa shape index (κ2) is 7.87. The molecule has 0 spiro atoms. The molecule has 0 aliphatic carbocycles. The summed E-state index contributed by atoms with van der Waals surface area (Å²) in [5, 5.41) is 3.83. The molecule has 5 heteroatoms. The first kappa shape index (κ1) is 15.6. The quantitative estimate of drug-likeness (QED) is 0.814. The summed E-state index contributed by atoms with van der Waals surface area (Å²) in [4.78, 5) is 14.4. The van der Waals surface area contributed by atoms with Gasteiger partial charge in [0, 0.05) is 11.6 Å². The number of unbranched alkanes of at least 4 members (excludes halogenated alkanes) is 1. The predicted octanol–water partition coefficient (Wildman–Crippen LogP) is 3.60. The maximum absolute atomic E-state index is 11.9. The minimum atomic E-state index is -0.132. The van der Waals surface area contributed by atoms with E-state index in [0.29, 0.717) is 22.2 Å². The number of carbonyl (C=O) groups excluding carboxylic acids is 1. The molecular formula is C15H20Cl2N2O. The number of hydrogen-bond donors (Lipinski definition) is 1.